The number of anilines is 1. The van der Waals surface area contributed by atoms with Crippen LogP contribution in [0.1, 0.15) is 63.5 Å². The molecule has 2 aliphatic carbocycles. The maximum atomic E-state index is 12.3. The van der Waals surface area contributed by atoms with Crippen LogP contribution in [-0.2, 0) is 9.59 Å². The molecule has 0 bridgehead atoms. The number of hydrogen-bond acceptors (Lipinski definition) is 2. The quantitative estimate of drug-likeness (QED) is 0.868. The van der Waals surface area contributed by atoms with E-state index in [0.29, 0.717) is 0 Å². The molecule has 0 heterocycles. The van der Waals surface area contributed by atoms with Crippen molar-refractivity contribution in [2.45, 2.75) is 57.9 Å². The zero-order chi connectivity index (χ0) is 16.2. The van der Waals surface area contributed by atoms with E-state index in [2.05, 4.69) is 10.6 Å². The van der Waals surface area contributed by atoms with E-state index >= 15 is 0 Å². The topological polar surface area (TPSA) is 58.2 Å². The average molecular weight is 314 g/mol. The molecule has 2 fully saturated rings. The normalized spacial score (nSPS) is 19.9. The van der Waals surface area contributed by atoms with Gasteiger partial charge in [0, 0.05) is 17.5 Å². The minimum atomic E-state index is -0.00221. The van der Waals surface area contributed by atoms with Crippen LogP contribution < -0.4 is 10.6 Å². The summed E-state index contributed by atoms with van der Waals surface area (Å²) in [4.78, 5) is 24.1. The molecule has 0 radical (unpaired) electrons. The van der Waals surface area contributed by atoms with Crippen molar-refractivity contribution in [3.05, 3.63) is 29.8 Å². The van der Waals surface area contributed by atoms with E-state index in [4.69, 9.17) is 0 Å². The van der Waals surface area contributed by atoms with Crippen LogP contribution in [0.5, 0.6) is 0 Å². The highest BCUT2D eigenvalue weighted by molar-refractivity contribution is 5.94. The molecule has 2 N–H and O–H groups in total. The standard InChI is InChI=1S/C19H26N2O2/c1-13(20-18(22)15-5-3-2-4-6-15)14-9-11-17(12-10-14)21-19(23)16-7-8-16/h9-13,15-16H,2-8H2,1H3,(H,20,22)(H,21,23)/t13-/m0/s1. The van der Waals surface area contributed by atoms with Gasteiger partial charge in [0.25, 0.3) is 0 Å². The highest BCUT2D eigenvalue weighted by Gasteiger charge is 2.29. The van der Waals surface area contributed by atoms with Crippen LogP contribution in [0.2, 0.25) is 0 Å². The van der Waals surface area contributed by atoms with Crippen LogP contribution in [0.3, 0.4) is 0 Å². The summed E-state index contributed by atoms with van der Waals surface area (Å²) in [5, 5.41) is 6.06. The lowest BCUT2D eigenvalue weighted by molar-refractivity contribution is -0.126. The van der Waals surface area contributed by atoms with E-state index in [0.717, 1.165) is 36.9 Å². The molecule has 1 aromatic rings. The van der Waals surface area contributed by atoms with Crippen LogP contribution in [0, 0.1) is 11.8 Å². The Labute approximate surface area is 138 Å². The van der Waals surface area contributed by atoms with Gasteiger partial charge in [0.1, 0.15) is 0 Å². The van der Waals surface area contributed by atoms with Crippen molar-refractivity contribution in [2.75, 3.05) is 5.32 Å². The maximum absolute atomic E-state index is 12.3. The summed E-state index contributed by atoms with van der Waals surface area (Å²) in [6.07, 6.45) is 7.65. The Hall–Kier alpha value is -1.84. The Morgan fingerprint density at radius 1 is 0.913 bits per heavy atom. The van der Waals surface area contributed by atoms with Crippen molar-refractivity contribution in [1.29, 1.82) is 0 Å². The Bertz CT molecular complexity index is 557. The second-order valence-electron chi connectivity index (χ2n) is 6.95. The highest BCUT2D eigenvalue weighted by Crippen LogP contribution is 2.30. The summed E-state index contributed by atoms with van der Waals surface area (Å²) in [5.41, 5.74) is 1.90. The number of carbonyl (C=O) groups is 2. The van der Waals surface area contributed by atoms with Gasteiger partial charge in [-0.15, -0.1) is 0 Å². The fourth-order valence-corrected chi connectivity index (χ4v) is 3.22. The Morgan fingerprint density at radius 2 is 1.52 bits per heavy atom. The first kappa shape index (κ1) is 16.0. The SMILES string of the molecule is C[C@H](NC(=O)C1CCCCC1)c1ccc(NC(=O)C2CC2)cc1. The fourth-order valence-electron chi connectivity index (χ4n) is 3.22. The largest absolute Gasteiger partial charge is 0.349 e. The van der Waals surface area contributed by atoms with Gasteiger partial charge in [0.05, 0.1) is 6.04 Å². The van der Waals surface area contributed by atoms with Crippen LogP contribution in [0.4, 0.5) is 5.69 Å². The molecule has 3 rings (SSSR count). The van der Waals surface area contributed by atoms with Gasteiger partial charge in [0.15, 0.2) is 0 Å². The summed E-state index contributed by atoms with van der Waals surface area (Å²) in [5.74, 6) is 0.700. The molecule has 2 aliphatic rings. The van der Waals surface area contributed by atoms with Crippen molar-refractivity contribution < 1.29 is 9.59 Å². The molecule has 0 saturated heterocycles. The molecule has 0 spiro atoms. The Balaban J connectivity index is 1.53. The van der Waals surface area contributed by atoms with Crippen LogP contribution in [0.15, 0.2) is 24.3 Å². The van der Waals surface area contributed by atoms with E-state index < -0.39 is 0 Å². The lowest BCUT2D eigenvalue weighted by Gasteiger charge is -2.23. The molecular weight excluding hydrogens is 288 g/mol. The third-order valence-corrected chi connectivity index (χ3v) is 4.96. The van der Waals surface area contributed by atoms with Crippen molar-refractivity contribution in [3.8, 4) is 0 Å². The molecule has 0 aliphatic heterocycles. The van der Waals surface area contributed by atoms with Crippen LogP contribution in [0.25, 0.3) is 0 Å². The molecule has 23 heavy (non-hydrogen) atoms. The van der Waals surface area contributed by atoms with E-state index in [1.807, 2.05) is 31.2 Å². The van der Waals surface area contributed by atoms with Gasteiger partial charge in [-0.3, -0.25) is 9.59 Å². The van der Waals surface area contributed by atoms with Gasteiger partial charge in [0.2, 0.25) is 11.8 Å². The Morgan fingerprint density at radius 3 is 2.13 bits per heavy atom. The first-order chi connectivity index (χ1) is 11.1. The number of rotatable bonds is 5. The van der Waals surface area contributed by atoms with E-state index in [-0.39, 0.29) is 29.7 Å². The molecule has 1 atom stereocenters. The monoisotopic (exact) mass is 314 g/mol. The second-order valence-corrected chi connectivity index (χ2v) is 6.95. The zero-order valence-electron chi connectivity index (χ0n) is 13.8. The summed E-state index contributed by atoms with van der Waals surface area (Å²) < 4.78 is 0. The molecule has 124 valence electrons. The first-order valence-electron chi connectivity index (χ1n) is 8.84. The molecule has 4 heteroatoms. The molecule has 4 nitrogen and oxygen atoms in total. The zero-order valence-corrected chi connectivity index (χ0v) is 13.8. The number of carbonyl (C=O) groups excluding carboxylic acids is 2. The third-order valence-electron chi connectivity index (χ3n) is 4.96. The van der Waals surface area contributed by atoms with Crippen molar-refractivity contribution in [1.82, 2.24) is 5.32 Å². The summed E-state index contributed by atoms with van der Waals surface area (Å²) in [6, 6.07) is 7.79. The maximum Gasteiger partial charge on any atom is 0.227 e. The fraction of sp³-hybridized carbons (Fsp3) is 0.579. The lowest BCUT2D eigenvalue weighted by Crippen LogP contribution is -2.33. The second kappa shape index (κ2) is 7.16. The summed E-state index contributed by atoms with van der Waals surface area (Å²) in [6.45, 7) is 2.01. The van der Waals surface area contributed by atoms with Crippen LogP contribution in [-0.4, -0.2) is 11.8 Å². The number of benzene rings is 1. The molecule has 0 unspecified atom stereocenters. The minimum Gasteiger partial charge on any atom is -0.349 e. The van der Waals surface area contributed by atoms with Crippen molar-refractivity contribution in [2.24, 2.45) is 11.8 Å². The van der Waals surface area contributed by atoms with Gasteiger partial charge in [-0.1, -0.05) is 31.4 Å². The molecule has 1 aromatic carbocycles. The van der Waals surface area contributed by atoms with E-state index in [1.165, 1.54) is 19.3 Å². The molecule has 2 saturated carbocycles. The summed E-state index contributed by atoms with van der Waals surface area (Å²) >= 11 is 0. The first-order valence-corrected chi connectivity index (χ1v) is 8.84. The molecule has 0 aromatic heterocycles. The highest BCUT2D eigenvalue weighted by atomic mass is 16.2. The van der Waals surface area contributed by atoms with Crippen molar-refractivity contribution in [3.63, 3.8) is 0 Å². The Kier molecular flexibility index (Phi) is 4.99. The van der Waals surface area contributed by atoms with Gasteiger partial charge >= 0.3 is 0 Å². The average Bonchev–Trinajstić information content (AvgIpc) is 3.41. The van der Waals surface area contributed by atoms with E-state index in [9.17, 15) is 9.59 Å². The minimum absolute atomic E-state index is 0.00221. The van der Waals surface area contributed by atoms with E-state index in [1.54, 1.807) is 0 Å². The van der Waals surface area contributed by atoms with Gasteiger partial charge in [-0.2, -0.15) is 0 Å². The van der Waals surface area contributed by atoms with Crippen molar-refractivity contribution >= 4 is 17.5 Å². The molecular formula is C19H26N2O2. The van der Waals surface area contributed by atoms with Gasteiger partial charge in [-0.05, 0) is 50.3 Å². The molecule has 2 amide bonds. The summed E-state index contributed by atoms with van der Waals surface area (Å²) in [7, 11) is 0. The van der Waals surface area contributed by atoms with Gasteiger partial charge < -0.3 is 10.6 Å². The van der Waals surface area contributed by atoms with Crippen LogP contribution >= 0.6 is 0 Å². The lowest BCUT2D eigenvalue weighted by atomic mass is 9.88. The third kappa shape index (κ3) is 4.34. The number of nitrogens with one attached hydrogen (secondary N) is 2. The predicted octanol–water partition coefficient (Wildman–Crippen LogP) is 3.79. The van der Waals surface area contributed by atoms with Gasteiger partial charge in [-0.25, -0.2) is 0 Å². The predicted molar refractivity (Wildman–Crippen MR) is 90.9 cm³/mol. The number of amides is 2. The number of hydrogen-bond donors (Lipinski definition) is 2. The smallest absolute Gasteiger partial charge is 0.227 e.